The summed E-state index contributed by atoms with van der Waals surface area (Å²) in [4.78, 5) is 36.2. The van der Waals surface area contributed by atoms with Gasteiger partial charge >= 0.3 is 11.9 Å². The van der Waals surface area contributed by atoms with Crippen molar-refractivity contribution in [1.29, 1.82) is 0 Å². The van der Waals surface area contributed by atoms with Crippen LogP contribution in [0.15, 0.2) is 11.6 Å². The van der Waals surface area contributed by atoms with Crippen LogP contribution in [0.4, 0.5) is 0 Å². The molecule has 2 saturated heterocycles. The van der Waals surface area contributed by atoms with Crippen LogP contribution < -0.4 is 0 Å². The minimum Gasteiger partial charge on any atom is -0.465 e. The molecular formula is C19H24O9. The predicted molar refractivity (Wildman–Crippen MR) is 90.8 cm³/mol. The average Bonchev–Trinajstić information content (AvgIpc) is 3.39. The first-order valence-electron chi connectivity index (χ1n) is 9.21. The summed E-state index contributed by atoms with van der Waals surface area (Å²) in [6, 6.07) is 0. The van der Waals surface area contributed by atoms with Gasteiger partial charge in [-0.25, -0.2) is 0 Å². The molecule has 1 saturated carbocycles. The minimum atomic E-state index is -1.60. The summed E-state index contributed by atoms with van der Waals surface area (Å²) < 4.78 is 22.6. The maximum absolute atomic E-state index is 12.8. The van der Waals surface area contributed by atoms with Gasteiger partial charge in [-0.15, -0.1) is 0 Å². The average molecular weight is 396 g/mol. The Morgan fingerprint density at radius 2 is 1.93 bits per heavy atom. The van der Waals surface area contributed by atoms with Crippen molar-refractivity contribution in [2.75, 3.05) is 13.2 Å². The molecule has 0 unspecified atom stereocenters. The van der Waals surface area contributed by atoms with Crippen molar-refractivity contribution in [3.63, 3.8) is 0 Å². The van der Waals surface area contributed by atoms with Gasteiger partial charge in [-0.3, -0.25) is 14.4 Å². The summed E-state index contributed by atoms with van der Waals surface area (Å²) >= 11 is 0. The number of epoxide rings is 1. The molecule has 0 aromatic heterocycles. The highest BCUT2D eigenvalue weighted by atomic mass is 16.7. The van der Waals surface area contributed by atoms with E-state index in [1.165, 1.54) is 13.8 Å². The number of hydrogen-bond donors (Lipinski definition) is 2. The van der Waals surface area contributed by atoms with Gasteiger partial charge in [0.15, 0.2) is 5.78 Å². The highest BCUT2D eigenvalue weighted by Gasteiger charge is 2.87. The fraction of sp³-hybridized carbons (Fsp3) is 0.737. The predicted octanol–water partition coefficient (Wildman–Crippen LogP) is -0.725. The number of carbonyl (C=O) groups excluding carboxylic acids is 3. The maximum atomic E-state index is 12.8. The topological polar surface area (TPSA) is 132 Å². The van der Waals surface area contributed by atoms with E-state index in [1.54, 1.807) is 19.9 Å². The molecule has 2 bridgehead atoms. The Morgan fingerprint density at radius 3 is 2.46 bits per heavy atom. The second-order valence-electron chi connectivity index (χ2n) is 8.32. The molecule has 8 atom stereocenters. The van der Waals surface area contributed by atoms with E-state index in [4.69, 9.17) is 18.9 Å². The van der Waals surface area contributed by atoms with Gasteiger partial charge in [0.25, 0.3) is 0 Å². The van der Waals surface area contributed by atoms with Gasteiger partial charge in [-0.2, -0.15) is 0 Å². The molecule has 9 heteroatoms. The number of rotatable bonds is 3. The summed E-state index contributed by atoms with van der Waals surface area (Å²) in [6.07, 6.45) is -4.04. The van der Waals surface area contributed by atoms with Crippen molar-refractivity contribution in [3.8, 4) is 0 Å². The van der Waals surface area contributed by atoms with Gasteiger partial charge in [0, 0.05) is 13.8 Å². The van der Waals surface area contributed by atoms with E-state index in [2.05, 4.69) is 0 Å². The Labute approximate surface area is 161 Å². The number of hydrogen-bond acceptors (Lipinski definition) is 9. The van der Waals surface area contributed by atoms with Crippen molar-refractivity contribution in [1.82, 2.24) is 0 Å². The van der Waals surface area contributed by atoms with Gasteiger partial charge < -0.3 is 29.2 Å². The van der Waals surface area contributed by atoms with E-state index >= 15 is 0 Å². The lowest BCUT2D eigenvalue weighted by atomic mass is 9.50. The number of ketones is 1. The number of aliphatic hydroxyl groups excluding tert-OH is 2. The van der Waals surface area contributed by atoms with Crippen molar-refractivity contribution < 1.29 is 43.5 Å². The molecule has 3 fully saturated rings. The third-order valence-corrected chi connectivity index (χ3v) is 7.08. The Balaban J connectivity index is 1.94. The molecule has 154 valence electrons. The molecule has 2 heterocycles. The van der Waals surface area contributed by atoms with Crippen LogP contribution >= 0.6 is 0 Å². The molecule has 2 aliphatic heterocycles. The summed E-state index contributed by atoms with van der Waals surface area (Å²) in [5.74, 6) is -1.76. The van der Waals surface area contributed by atoms with Gasteiger partial charge in [-0.1, -0.05) is 6.92 Å². The number of carbonyl (C=O) groups is 3. The van der Waals surface area contributed by atoms with E-state index in [0.717, 1.165) is 0 Å². The SMILES string of the molecule is CC(=O)OC[C@]12[C@H](O)C(=O)C(C)=C[C@H]1O[C@@H]1[C@H](O)[C@@H](OC(C)=O)[C@@]2(C)[C@@]12CO2. The molecule has 2 N–H and O–H groups in total. The van der Waals surface area contributed by atoms with Gasteiger partial charge in [0.2, 0.25) is 0 Å². The van der Waals surface area contributed by atoms with Crippen molar-refractivity contribution >= 4 is 17.7 Å². The largest absolute Gasteiger partial charge is 0.465 e. The van der Waals surface area contributed by atoms with Crippen LogP contribution in [0.1, 0.15) is 27.7 Å². The van der Waals surface area contributed by atoms with E-state index in [9.17, 15) is 24.6 Å². The second-order valence-corrected chi connectivity index (χ2v) is 8.32. The van der Waals surface area contributed by atoms with E-state index in [-0.39, 0.29) is 13.2 Å². The molecule has 1 spiro atoms. The smallest absolute Gasteiger partial charge is 0.303 e. The Kier molecular flexibility index (Phi) is 4.08. The lowest BCUT2D eigenvalue weighted by molar-refractivity contribution is -0.257. The first-order chi connectivity index (χ1) is 13.0. The Hall–Kier alpha value is -1.81. The summed E-state index contributed by atoms with van der Waals surface area (Å²) in [5, 5.41) is 22.1. The first kappa shape index (κ1) is 19.5. The van der Waals surface area contributed by atoms with Crippen molar-refractivity contribution in [2.24, 2.45) is 10.8 Å². The highest BCUT2D eigenvalue weighted by molar-refractivity contribution is 6.00. The monoisotopic (exact) mass is 396 g/mol. The van der Waals surface area contributed by atoms with E-state index in [0.29, 0.717) is 5.57 Å². The molecule has 0 amide bonds. The summed E-state index contributed by atoms with van der Waals surface area (Å²) in [6.45, 7) is 5.52. The van der Waals surface area contributed by atoms with Crippen LogP contribution in [-0.2, 0) is 33.3 Å². The molecule has 9 nitrogen and oxygen atoms in total. The zero-order valence-electron chi connectivity index (χ0n) is 16.1. The van der Waals surface area contributed by atoms with Crippen LogP contribution in [0.25, 0.3) is 0 Å². The molecule has 0 radical (unpaired) electrons. The van der Waals surface area contributed by atoms with Crippen LogP contribution in [-0.4, -0.2) is 77.3 Å². The van der Waals surface area contributed by atoms with Crippen LogP contribution in [0.3, 0.4) is 0 Å². The van der Waals surface area contributed by atoms with Crippen LogP contribution in [0.5, 0.6) is 0 Å². The number of Topliss-reactive ketones (excluding diaryl/α,β-unsaturated/α-hetero) is 1. The molecule has 0 aromatic carbocycles. The zero-order chi connectivity index (χ0) is 20.6. The minimum absolute atomic E-state index is 0.196. The second kappa shape index (κ2) is 5.85. The molecule has 4 rings (SSSR count). The summed E-state index contributed by atoms with van der Waals surface area (Å²) in [5.41, 5.74) is -3.51. The third-order valence-electron chi connectivity index (χ3n) is 7.08. The fourth-order valence-electron chi connectivity index (χ4n) is 5.56. The number of ether oxygens (including phenoxy) is 4. The molecule has 4 aliphatic rings. The van der Waals surface area contributed by atoms with E-state index in [1.807, 2.05) is 0 Å². The standard InChI is InChI=1S/C19H24O9/c1-8-5-11-18(6-25-9(2)20,14(24)12(8)22)17(4)15(27-10(3)21)13(23)16(28-11)19(17)7-26-19/h5,11,13-16,23-24H,6-7H2,1-4H3/t11-,13-,14-,15-,16-,17-,18-,19-/m1/s1. The number of fused-ring (bicyclic) bond motifs is 2. The zero-order valence-corrected chi connectivity index (χ0v) is 16.1. The number of esters is 2. The van der Waals surface area contributed by atoms with Gasteiger partial charge in [0.1, 0.15) is 36.6 Å². The molecular weight excluding hydrogens is 372 g/mol. The van der Waals surface area contributed by atoms with Crippen LogP contribution in [0, 0.1) is 10.8 Å². The third kappa shape index (κ3) is 2.07. The van der Waals surface area contributed by atoms with E-state index < -0.39 is 64.7 Å². The first-order valence-corrected chi connectivity index (χ1v) is 9.21. The number of aliphatic hydroxyl groups is 2. The molecule has 0 aromatic rings. The summed E-state index contributed by atoms with van der Waals surface area (Å²) in [7, 11) is 0. The Bertz CT molecular complexity index is 784. The van der Waals surface area contributed by atoms with Gasteiger partial charge in [-0.05, 0) is 18.6 Å². The quantitative estimate of drug-likeness (QED) is 0.468. The van der Waals surface area contributed by atoms with Gasteiger partial charge in [0.05, 0.1) is 23.5 Å². The maximum Gasteiger partial charge on any atom is 0.303 e. The lowest BCUT2D eigenvalue weighted by Crippen LogP contribution is -2.72. The molecule has 28 heavy (non-hydrogen) atoms. The highest BCUT2D eigenvalue weighted by Crippen LogP contribution is 2.71. The Morgan fingerprint density at radius 1 is 1.29 bits per heavy atom. The van der Waals surface area contributed by atoms with Crippen LogP contribution in [0.2, 0.25) is 0 Å². The lowest BCUT2D eigenvalue weighted by Gasteiger charge is -2.58. The normalized spacial score (nSPS) is 48.7. The van der Waals surface area contributed by atoms with Crippen molar-refractivity contribution in [2.45, 2.75) is 63.8 Å². The van der Waals surface area contributed by atoms with Crippen molar-refractivity contribution in [3.05, 3.63) is 11.6 Å². The fourth-order valence-corrected chi connectivity index (χ4v) is 5.56. The molecule has 2 aliphatic carbocycles.